The summed E-state index contributed by atoms with van der Waals surface area (Å²) in [5.74, 6) is 1.93. The summed E-state index contributed by atoms with van der Waals surface area (Å²) in [6.07, 6.45) is 8.65. The third-order valence-corrected chi connectivity index (χ3v) is 6.08. The minimum Gasteiger partial charge on any atom is -0.335 e. The van der Waals surface area contributed by atoms with Crippen LogP contribution in [-0.4, -0.2) is 23.4 Å². The van der Waals surface area contributed by atoms with Gasteiger partial charge in [-0.2, -0.15) is 0 Å². The zero-order chi connectivity index (χ0) is 13.7. The maximum absolute atomic E-state index is 12.9. The quantitative estimate of drug-likeness (QED) is 0.823. The average Bonchev–Trinajstić information content (AvgIpc) is 3.32. The normalized spacial score (nSPS) is 25.4. The zero-order valence-corrected chi connectivity index (χ0v) is 13.0. The summed E-state index contributed by atoms with van der Waals surface area (Å²) in [5, 5.41) is 2.15. The number of carbonyl (C=O) groups excluding carboxylic acids is 1. The minimum atomic E-state index is 0.339. The molecule has 0 aromatic carbocycles. The van der Waals surface area contributed by atoms with Gasteiger partial charge in [0.25, 0.3) is 5.91 Å². The molecule has 3 aliphatic rings. The van der Waals surface area contributed by atoms with Crippen LogP contribution < -0.4 is 0 Å². The van der Waals surface area contributed by atoms with Gasteiger partial charge >= 0.3 is 0 Å². The van der Waals surface area contributed by atoms with E-state index in [0.29, 0.717) is 11.9 Å². The van der Waals surface area contributed by atoms with Gasteiger partial charge < -0.3 is 4.90 Å². The lowest BCUT2D eigenvalue weighted by molar-refractivity contribution is 0.0734. The smallest absolute Gasteiger partial charge is 0.255 e. The van der Waals surface area contributed by atoms with E-state index < -0.39 is 0 Å². The Kier molecular flexibility index (Phi) is 3.13. The van der Waals surface area contributed by atoms with Crippen molar-refractivity contribution in [3.63, 3.8) is 0 Å². The van der Waals surface area contributed by atoms with Gasteiger partial charge in [0.15, 0.2) is 0 Å². The van der Waals surface area contributed by atoms with Crippen molar-refractivity contribution < 1.29 is 4.79 Å². The molecular weight excluding hydrogens is 266 g/mol. The molecule has 0 saturated heterocycles. The predicted octanol–water partition coefficient (Wildman–Crippen LogP) is 3.89. The molecule has 0 bridgehead atoms. The molecule has 1 heterocycles. The molecular formula is C17H23NOS. The van der Waals surface area contributed by atoms with Crippen LogP contribution in [0.5, 0.6) is 0 Å². The molecule has 0 radical (unpaired) electrons. The highest BCUT2D eigenvalue weighted by Gasteiger charge is 2.38. The van der Waals surface area contributed by atoms with Crippen LogP contribution in [0.2, 0.25) is 0 Å². The number of nitrogens with zero attached hydrogens (tertiary/aromatic N) is 1. The van der Waals surface area contributed by atoms with Crippen molar-refractivity contribution in [2.75, 3.05) is 6.54 Å². The van der Waals surface area contributed by atoms with E-state index in [1.807, 2.05) is 11.3 Å². The highest BCUT2D eigenvalue weighted by molar-refractivity contribution is 7.10. The molecule has 2 nitrogen and oxygen atoms in total. The number of hydrogen-bond donors (Lipinski definition) is 0. The van der Waals surface area contributed by atoms with E-state index in [4.69, 9.17) is 0 Å². The van der Waals surface area contributed by atoms with Crippen molar-refractivity contribution in [1.29, 1.82) is 0 Å². The molecule has 0 N–H and O–H groups in total. The Morgan fingerprint density at radius 1 is 1.30 bits per heavy atom. The Morgan fingerprint density at radius 3 is 2.80 bits per heavy atom. The highest BCUT2D eigenvalue weighted by Crippen LogP contribution is 2.38. The minimum absolute atomic E-state index is 0.339. The van der Waals surface area contributed by atoms with E-state index in [1.54, 1.807) is 0 Å². The highest BCUT2D eigenvalue weighted by atomic mass is 32.1. The molecule has 1 aromatic heterocycles. The van der Waals surface area contributed by atoms with E-state index >= 15 is 0 Å². The third-order valence-electron chi connectivity index (χ3n) is 5.03. The summed E-state index contributed by atoms with van der Waals surface area (Å²) in [5.41, 5.74) is 2.43. The van der Waals surface area contributed by atoms with Gasteiger partial charge in [0.1, 0.15) is 0 Å². The first-order chi connectivity index (χ1) is 9.72. The number of hydrogen-bond acceptors (Lipinski definition) is 2. The summed E-state index contributed by atoms with van der Waals surface area (Å²) >= 11 is 1.82. The Hall–Kier alpha value is -0.830. The van der Waals surface area contributed by atoms with Gasteiger partial charge in [0.2, 0.25) is 0 Å². The van der Waals surface area contributed by atoms with Crippen LogP contribution in [-0.2, 0) is 12.8 Å². The molecule has 1 amide bonds. The fourth-order valence-corrected chi connectivity index (χ4v) is 4.61. The number of rotatable bonds is 4. The molecule has 1 atom stereocenters. The largest absolute Gasteiger partial charge is 0.335 e. The van der Waals surface area contributed by atoms with Gasteiger partial charge in [0, 0.05) is 22.8 Å². The monoisotopic (exact) mass is 289 g/mol. The van der Waals surface area contributed by atoms with E-state index in [1.165, 1.54) is 49.0 Å². The first-order valence-electron chi connectivity index (χ1n) is 8.12. The number of thiophene rings is 1. The van der Waals surface area contributed by atoms with Crippen molar-refractivity contribution in [2.45, 2.75) is 57.9 Å². The topological polar surface area (TPSA) is 20.3 Å². The van der Waals surface area contributed by atoms with Crippen LogP contribution in [0.1, 0.15) is 59.8 Å². The SMILES string of the molecule is CC1CCc2c(C(=O)N(CC3CC3)C3CC3)csc2C1. The summed E-state index contributed by atoms with van der Waals surface area (Å²) < 4.78 is 0. The van der Waals surface area contributed by atoms with Crippen LogP contribution in [0.4, 0.5) is 0 Å². The molecule has 2 saturated carbocycles. The van der Waals surface area contributed by atoms with Crippen molar-refractivity contribution in [3.8, 4) is 0 Å². The Bertz CT molecular complexity index is 527. The van der Waals surface area contributed by atoms with Crippen molar-refractivity contribution in [2.24, 2.45) is 11.8 Å². The second kappa shape index (κ2) is 4.87. The zero-order valence-electron chi connectivity index (χ0n) is 12.2. The molecule has 1 unspecified atom stereocenters. The van der Waals surface area contributed by atoms with Crippen LogP contribution in [0.25, 0.3) is 0 Å². The van der Waals surface area contributed by atoms with Crippen molar-refractivity contribution in [1.82, 2.24) is 4.90 Å². The molecule has 0 spiro atoms. The van der Waals surface area contributed by atoms with Gasteiger partial charge in [-0.15, -0.1) is 11.3 Å². The summed E-state index contributed by atoms with van der Waals surface area (Å²) in [7, 11) is 0. The fourth-order valence-electron chi connectivity index (χ4n) is 3.37. The van der Waals surface area contributed by atoms with Crippen molar-refractivity contribution >= 4 is 17.2 Å². The molecule has 3 heteroatoms. The van der Waals surface area contributed by atoms with Crippen LogP contribution >= 0.6 is 11.3 Å². The van der Waals surface area contributed by atoms with Gasteiger partial charge in [0.05, 0.1) is 5.56 Å². The third kappa shape index (κ3) is 2.41. The van der Waals surface area contributed by atoms with Crippen LogP contribution in [0.3, 0.4) is 0 Å². The van der Waals surface area contributed by atoms with E-state index in [0.717, 1.165) is 30.4 Å². The molecule has 20 heavy (non-hydrogen) atoms. The van der Waals surface area contributed by atoms with Crippen LogP contribution in [0.15, 0.2) is 5.38 Å². The number of fused-ring (bicyclic) bond motifs is 1. The average molecular weight is 289 g/mol. The van der Waals surface area contributed by atoms with Crippen molar-refractivity contribution in [3.05, 3.63) is 21.4 Å². The van der Waals surface area contributed by atoms with E-state index in [9.17, 15) is 4.79 Å². The van der Waals surface area contributed by atoms with E-state index in [-0.39, 0.29) is 0 Å². The standard InChI is InChI=1S/C17H23NOS/c1-11-2-7-14-15(10-20-16(14)8-11)17(19)18(13-5-6-13)9-12-3-4-12/h10-13H,2-9H2,1H3. The second-order valence-corrected chi connectivity index (χ2v) is 8.00. The molecule has 3 aliphatic carbocycles. The lowest BCUT2D eigenvalue weighted by atomic mass is 9.88. The Balaban J connectivity index is 1.57. The van der Waals surface area contributed by atoms with Gasteiger partial charge in [-0.05, 0) is 62.3 Å². The summed E-state index contributed by atoms with van der Waals surface area (Å²) in [6.45, 7) is 3.35. The maximum Gasteiger partial charge on any atom is 0.255 e. The fraction of sp³-hybridized carbons (Fsp3) is 0.706. The maximum atomic E-state index is 12.9. The first kappa shape index (κ1) is 12.9. The molecule has 108 valence electrons. The lowest BCUT2D eigenvalue weighted by Gasteiger charge is -2.24. The van der Waals surface area contributed by atoms with E-state index in [2.05, 4.69) is 17.2 Å². The molecule has 1 aromatic rings. The molecule has 2 fully saturated rings. The Morgan fingerprint density at radius 2 is 2.10 bits per heavy atom. The second-order valence-electron chi connectivity index (χ2n) is 7.03. The summed E-state index contributed by atoms with van der Waals surface area (Å²) in [6, 6.07) is 0.557. The summed E-state index contributed by atoms with van der Waals surface area (Å²) in [4.78, 5) is 16.6. The van der Waals surface area contributed by atoms with Crippen LogP contribution in [0, 0.1) is 11.8 Å². The number of carbonyl (C=O) groups is 1. The lowest BCUT2D eigenvalue weighted by Crippen LogP contribution is -2.35. The predicted molar refractivity (Wildman–Crippen MR) is 82.3 cm³/mol. The van der Waals surface area contributed by atoms with Gasteiger partial charge in [-0.25, -0.2) is 0 Å². The Labute approximate surface area is 125 Å². The molecule has 4 rings (SSSR count). The molecule has 0 aliphatic heterocycles. The van der Waals surface area contributed by atoms with Gasteiger partial charge in [-0.1, -0.05) is 6.92 Å². The number of amides is 1. The first-order valence-corrected chi connectivity index (χ1v) is 9.00. The van der Waals surface area contributed by atoms with Gasteiger partial charge in [-0.3, -0.25) is 4.79 Å².